The summed E-state index contributed by atoms with van der Waals surface area (Å²) in [6.07, 6.45) is 4.09. The van der Waals surface area contributed by atoms with Crippen molar-refractivity contribution in [3.63, 3.8) is 0 Å². The van der Waals surface area contributed by atoms with Gasteiger partial charge in [-0.05, 0) is 19.4 Å². The Bertz CT molecular complexity index is 343. The Morgan fingerprint density at radius 2 is 2.00 bits per heavy atom. The van der Waals surface area contributed by atoms with E-state index in [-0.39, 0.29) is 5.78 Å². The highest BCUT2D eigenvalue weighted by Gasteiger charge is 2.06. The van der Waals surface area contributed by atoms with E-state index >= 15 is 0 Å². The van der Waals surface area contributed by atoms with Crippen LogP contribution in [0.5, 0.6) is 0 Å². The van der Waals surface area contributed by atoms with Crippen molar-refractivity contribution in [2.75, 3.05) is 13.1 Å². The highest BCUT2D eigenvalue weighted by atomic mass is 16.1. The van der Waals surface area contributed by atoms with Gasteiger partial charge in [-0.1, -0.05) is 42.5 Å². The molecular weight excluding hydrogens is 198 g/mol. The summed E-state index contributed by atoms with van der Waals surface area (Å²) in [5.74, 6) is 0.209. The molecule has 0 unspecified atom stereocenters. The second kappa shape index (κ2) is 6.96. The maximum absolute atomic E-state index is 11.1. The fourth-order valence-corrected chi connectivity index (χ4v) is 1.60. The maximum atomic E-state index is 11.1. The summed E-state index contributed by atoms with van der Waals surface area (Å²) >= 11 is 0. The van der Waals surface area contributed by atoms with Gasteiger partial charge >= 0.3 is 0 Å². The van der Waals surface area contributed by atoms with Gasteiger partial charge in [-0.2, -0.15) is 0 Å². The topological polar surface area (TPSA) is 20.3 Å². The number of benzene rings is 1. The summed E-state index contributed by atoms with van der Waals surface area (Å²) in [7, 11) is 0. The smallest absolute Gasteiger partial charge is 0.143 e. The molecule has 0 saturated heterocycles. The third kappa shape index (κ3) is 4.89. The predicted molar refractivity (Wildman–Crippen MR) is 67.2 cm³/mol. The third-order valence-corrected chi connectivity index (χ3v) is 2.29. The van der Waals surface area contributed by atoms with Crippen molar-refractivity contribution >= 4 is 5.78 Å². The van der Waals surface area contributed by atoms with Gasteiger partial charge in [0.25, 0.3) is 0 Å². The number of hydrogen-bond donors (Lipinski definition) is 0. The van der Waals surface area contributed by atoms with E-state index in [9.17, 15) is 4.79 Å². The van der Waals surface area contributed by atoms with Gasteiger partial charge in [-0.25, -0.2) is 0 Å². The Hall–Kier alpha value is -1.41. The second-order valence-corrected chi connectivity index (χ2v) is 3.93. The summed E-state index contributed by atoms with van der Waals surface area (Å²) in [6.45, 7) is 5.79. The van der Waals surface area contributed by atoms with E-state index in [2.05, 4.69) is 23.1 Å². The molecule has 0 fully saturated rings. The van der Waals surface area contributed by atoms with Crippen molar-refractivity contribution in [2.24, 2.45) is 0 Å². The minimum atomic E-state index is 0.209. The lowest BCUT2D eigenvalue weighted by atomic mass is 10.2. The Morgan fingerprint density at radius 3 is 2.56 bits per heavy atom. The zero-order valence-electron chi connectivity index (χ0n) is 10.0. The molecule has 1 aromatic rings. The van der Waals surface area contributed by atoms with Crippen LogP contribution in [0.4, 0.5) is 0 Å². The standard InChI is InChI=1S/C14H19NO/c1-3-4-10-15(11-13(2)16)12-14-8-6-5-7-9-14/h3-9H,10-12H2,1-2H3/b4-3+. The molecule has 0 aliphatic rings. The van der Waals surface area contributed by atoms with E-state index in [1.807, 2.05) is 31.2 Å². The van der Waals surface area contributed by atoms with Gasteiger partial charge in [0.05, 0.1) is 6.54 Å². The van der Waals surface area contributed by atoms with E-state index < -0.39 is 0 Å². The molecule has 86 valence electrons. The second-order valence-electron chi connectivity index (χ2n) is 3.93. The fraction of sp³-hybridized carbons (Fsp3) is 0.357. The number of carbonyl (C=O) groups excluding carboxylic acids is 1. The first-order chi connectivity index (χ1) is 7.72. The Morgan fingerprint density at radius 1 is 1.31 bits per heavy atom. The lowest BCUT2D eigenvalue weighted by molar-refractivity contribution is -0.118. The van der Waals surface area contributed by atoms with Crippen molar-refractivity contribution in [2.45, 2.75) is 20.4 Å². The van der Waals surface area contributed by atoms with Crippen molar-refractivity contribution in [3.8, 4) is 0 Å². The number of nitrogens with zero attached hydrogens (tertiary/aromatic N) is 1. The summed E-state index contributed by atoms with van der Waals surface area (Å²) < 4.78 is 0. The molecule has 0 atom stereocenters. The van der Waals surface area contributed by atoms with Crippen LogP contribution in [0.3, 0.4) is 0 Å². The predicted octanol–water partition coefficient (Wildman–Crippen LogP) is 2.65. The van der Waals surface area contributed by atoms with Crippen molar-refractivity contribution in [1.29, 1.82) is 0 Å². The molecule has 2 nitrogen and oxygen atoms in total. The van der Waals surface area contributed by atoms with Crippen LogP contribution in [0.2, 0.25) is 0 Å². The number of carbonyl (C=O) groups is 1. The van der Waals surface area contributed by atoms with Crippen LogP contribution in [0.1, 0.15) is 19.4 Å². The molecule has 2 heteroatoms. The van der Waals surface area contributed by atoms with E-state index in [0.29, 0.717) is 6.54 Å². The first-order valence-electron chi connectivity index (χ1n) is 5.59. The van der Waals surface area contributed by atoms with Crippen LogP contribution in [0.25, 0.3) is 0 Å². The molecule has 0 aliphatic carbocycles. The number of Topliss-reactive ketones (excluding diaryl/α,β-unsaturated/α-hetero) is 1. The highest BCUT2D eigenvalue weighted by Crippen LogP contribution is 2.04. The van der Waals surface area contributed by atoms with Crippen LogP contribution in [-0.4, -0.2) is 23.8 Å². The van der Waals surface area contributed by atoms with Crippen molar-refractivity contribution < 1.29 is 4.79 Å². The third-order valence-electron chi connectivity index (χ3n) is 2.29. The molecule has 0 heterocycles. The van der Waals surface area contributed by atoms with Crippen LogP contribution < -0.4 is 0 Å². The minimum absolute atomic E-state index is 0.209. The molecular formula is C14H19NO. The molecule has 0 aromatic heterocycles. The maximum Gasteiger partial charge on any atom is 0.143 e. The molecule has 0 N–H and O–H groups in total. The van der Waals surface area contributed by atoms with Crippen LogP contribution in [0.15, 0.2) is 42.5 Å². The number of ketones is 1. The largest absolute Gasteiger partial charge is 0.299 e. The molecule has 0 saturated carbocycles. The van der Waals surface area contributed by atoms with Crippen molar-refractivity contribution in [1.82, 2.24) is 4.90 Å². The van der Waals surface area contributed by atoms with Gasteiger partial charge in [-0.15, -0.1) is 0 Å². The van der Waals surface area contributed by atoms with Crippen LogP contribution in [0, 0.1) is 0 Å². The number of rotatable bonds is 6. The molecule has 0 aliphatic heterocycles. The van der Waals surface area contributed by atoms with E-state index in [1.165, 1.54) is 5.56 Å². The lowest BCUT2D eigenvalue weighted by Crippen LogP contribution is -2.28. The van der Waals surface area contributed by atoms with E-state index in [0.717, 1.165) is 13.1 Å². The zero-order chi connectivity index (χ0) is 11.8. The quantitative estimate of drug-likeness (QED) is 0.683. The molecule has 0 bridgehead atoms. The normalized spacial score (nSPS) is 11.2. The summed E-state index contributed by atoms with van der Waals surface area (Å²) in [4.78, 5) is 13.3. The number of hydrogen-bond acceptors (Lipinski definition) is 2. The zero-order valence-corrected chi connectivity index (χ0v) is 10.0. The molecule has 0 amide bonds. The molecule has 0 radical (unpaired) electrons. The van der Waals surface area contributed by atoms with Gasteiger partial charge in [0.2, 0.25) is 0 Å². The Kier molecular flexibility index (Phi) is 5.51. The summed E-state index contributed by atoms with van der Waals surface area (Å²) in [5.41, 5.74) is 1.24. The Labute approximate surface area is 97.6 Å². The van der Waals surface area contributed by atoms with Gasteiger partial charge in [-0.3, -0.25) is 9.69 Å². The average molecular weight is 217 g/mol. The summed E-state index contributed by atoms with van der Waals surface area (Å²) in [6, 6.07) is 10.2. The summed E-state index contributed by atoms with van der Waals surface area (Å²) in [5, 5.41) is 0. The SMILES string of the molecule is C/C=C/CN(CC(C)=O)Cc1ccccc1. The first kappa shape index (κ1) is 12.7. The lowest BCUT2D eigenvalue weighted by Gasteiger charge is -2.19. The van der Waals surface area contributed by atoms with Gasteiger partial charge in [0, 0.05) is 13.1 Å². The monoisotopic (exact) mass is 217 g/mol. The number of allylic oxidation sites excluding steroid dienone is 1. The Balaban J connectivity index is 2.59. The van der Waals surface area contributed by atoms with Crippen LogP contribution in [-0.2, 0) is 11.3 Å². The van der Waals surface area contributed by atoms with Crippen molar-refractivity contribution in [3.05, 3.63) is 48.0 Å². The minimum Gasteiger partial charge on any atom is -0.299 e. The van der Waals surface area contributed by atoms with Crippen LogP contribution >= 0.6 is 0 Å². The van der Waals surface area contributed by atoms with Gasteiger partial charge < -0.3 is 0 Å². The van der Waals surface area contributed by atoms with E-state index in [1.54, 1.807) is 6.92 Å². The molecule has 1 aromatic carbocycles. The average Bonchev–Trinajstić information content (AvgIpc) is 2.26. The van der Waals surface area contributed by atoms with E-state index in [4.69, 9.17) is 0 Å². The molecule has 1 rings (SSSR count). The fourth-order valence-electron chi connectivity index (χ4n) is 1.60. The highest BCUT2D eigenvalue weighted by molar-refractivity contribution is 5.77. The van der Waals surface area contributed by atoms with Gasteiger partial charge in [0.15, 0.2) is 0 Å². The first-order valence-corrected chi connectivity index (χ1v) is 5.59. The molecule has 16 heavy (non-hydrogen) atoms. The molecule has 0 spiro atoms. The van der Waals surface area contributed by atoms with Gasteiger partial charge in [0.1, 0.15) is 5.78 Å².